The van der Waals surface area contributed by atoms with Gasteiger partial charge in [-0.05, 0) is 73.7 Å². The number of likely N-dealkylation sites (tertiary alicyclic amines) is 1. The van der Waals surface area contributed by atoms with Crippen LogP contribution >= 0.6 is 0 Å². The fourth-order valence-electron chi connectivity index (χ4n) is 5.18. The van der Waals surface area contributed by atoms with Gasteiger partial charge in [-0.1, -0.05) is 39.0 Å². The number of alkyl halides is 3. The number of rotatable bonds is 4. The first kappa shape index (κ1) is 33.3. The summed E-state index contributed by atoms with van der Waals surface area (Å²) in [7, 11) is 0. The number of hydrogen-bond donors (Lipinski definition) is 3. The maximum Gasteiger partial charge on any atom is 0.418 e. The lowest BCUT2D eigenvalue weighted by Gasteiger charge is -2.31. The number of aromatic nitrogens is 1. The second-order valence-electron chi connectivity index (χ2n) is 11.3. The topological polar surface area (TPSA) is 89.9 Å². The molecule has 1 fully saturated rings. The van der Waals surface area contributed by atoms with Gasteiger partial charge in [-0.25, -0.2) is 4.99 Å². The Hall–Kier alpha value is -4.18. The molecule has 1 saturated heterocycles. The lowest BCUT2D eigenvalue weighted by Crippen LogP contribution is -2.40. The molecule has 0 spiro atoms. The van der Waals surface area contributed by atoms with E-state index < -0.39 is 11.7 Å². The molecule has 3 heterocycles. The average molecular weight is 596 g/mol. The van der Waals surface area contributed by atoms with Crippen LogP contribution in [0.25, 0.3) is 11.3 Å². The molecule has 230 valence electrons. The van der Waals surface area contributed by atoms with Crippen molar-refractivity contribution in [3.63, 3.8) is 0 Å². The minimum absolute atomic E-state index is 0.0477. The zero-order valence-electron chi connectivity index (χ0n) is 25.1. The van der Waals surface area contributed by atoms with Crippen LogP contribution in [0.2, 0.25) is 0 Å². The summed E-state index contributed by atoms with van der Waals surface area (Å²) in [6, 6.07) is 16.4. The molecule has 10 heteroatoms. The van der Waals surface area contributed by atoms with Gasteiger partial charge in [0.2, 0.25) is 0 Å². The van der Waals surface area contributed by atoms with Crippen molar-refractivity contribution in [2.45, 2.75) is 64.3 Å². The SMILES string of the molecule is C=C.C[C@@H]1CCCN1CC1N=C(Nc2ccc(C(C)(C)C)cc2)c2ccc(-c3ncccc3C(F)(F)F)cc2N1.O=CO. The summed E-state index contributed by atoms with van der Waals surface area (Å²) in [5.74, 6) is 0.697. The van der Waals surface area contributed by atoms with E-state index in [1.165, 1.54) is 17.8 Å². The van der Waals surface area contributed by atoms with E-state index in [1.807, 2.05) is 18.2 Å². The van der Waals surface area contributed by atoms with Crippen molar-refractivity contribution in [3.8, 4) is 11.3 Å². The van der Waals surface area contributed by atoms with Crippen LogP contribution in [0.15, 0.2) is 78.9 Å². The zero-order valence-corrected chi connectivity index (χ0v) is 25.1. The van der Waals surface area contributed by atoms with Crippen LogP contribution in [0.3, 0.4) is 0 Å². The second kappa shape index (κ2) is 14.3. The number of hydrogen-bond acceptors (Lipinski definition) is 6. The quantitative estimate of drug-likeness (QED) is 0.212. The van der Waals surface area contributed by atoms with Crippen LogP contribution in [-0.2, 0) is 16.4 Å². The summed E-state index contributed by atoms with van der Waals surface area (Å²) in [6.07, 6.45) is -1.02. The van der Waals surface area contributed by atoms with Crippen LogP contribution in [-0.4, -0.2) is 52.6 Å². The third-order valence-corrected chi connectivity index (χ3v) is 7.38. The van der Waals surface area contributed by atoms with Crippen molar-refractivity contribution in [2.75, 3.05) is 23.7 Å². The average Bonchev–Trinajstić information content (AvgIpc) is 3.37. The molecule has 0 bridgehead atoms. The lowest BCUT2D eigenvalue weighted by molar-refractivity contribution is -0.137. The molecule has 5 rings (SSSR count). The molecule has 1 aromatic heterocycles. The molecular weight excluding hydrogens is 555 g/mol. The number of fused-ring (bicyclic) bond motifs is 1. The summed E-state index contributed by atoms with van der Waals surface area (Å²) in [5, 5.41) is 13.8. The van der Waals surface area contributed by atoms with E-state index in [0.717, 1.165) is 48.9 Å². The highest BCUT2D eigenvalue weighted by molar-refractivity contribution is 6.13. The fraction of sp³-hybridized carbons (Fsp3) is 0.364. The maximum absolute atomic E-state index is 13.7. The predicted molar refractivity (Wildman–Crippen MR) is 168 cm³/mol. The monoisotopic (exact) mass is 595 g/mol. The van der Waals surface area contributed by atoms with Gasteiger partial charge < -0.3 is 15.7 Å². The number of anilines is 2. The van der Waals surface area contributed by atoms with Gasteiger partial charge in [-0.3, -0.25) is 14.7 Å². The van der Waals surface area contributed by atoms with Crippen LogP contribution in [0.4, 0.5) is 24.5 Å². The molecule has 2 aliphatic heterocycles. The number of halogens is 3. The van der Waals surface area contributed by atoms with E-state index in [4.69, 9.17) is 14.9 Å². The molecule has 3 N–H and O–H groups in total. The molecule has 0 radical (unpaired) electrons. The molecule has 0 amide bonds. The molecular formula is C33H40F3N5O2. The molecule has 2 aliphatic rings. The van der Waals surface area contributed by atoms with Crippen LogP contribution in [0.1, 0.15) is 57.2 Å². The third kappa shape index (κ3) is 8.44. The van der Waals surface area contributed by atoms with E-state index in [9.17, 15) is 13.2 Å². The summed E-state index contributed by atoms with van der Waals surface area (Å²) in [6.45, 7) is 16.2. The highest BCUT2D eigenvalue weighted by Gasteiger charge is 2.35. The first-order chi connectivity index (χ1) is 20.4. The van der Waals surface area contributed by atoms with Gasteiger partial charge in [-0.15, -0.1) is 13.2 Å². The summed E-state index contributed by atoms with van der Waals surface area (Å²) in [4.78, 5) is 19.9. The van der Waals surface area contributed by atoms with E-state index in [2.05, 4.69) is 73.5 Å². The highest BCUT2D eigenvalue weighted by Crippen LogP contribution is 2.38. The fourth-order valence-corrected chi connectivity index (χ4v) is 5.18. The molecule has 0 saturated carbocycles. The molecule has 0 aliphatic carbocycles. The minimum Gasteiger partial charge on any atom is -0.483 e. The van der Waals surface area contributed by atoms with Crippen molar-refractivity contribution in [1.82, 2.24) is 9.88 Å². The van der Waals surface area contributed by atoms with Crippen LogP contribution in [0.5, 0.6) is 0 Å². The Morgan fingerprint density at radius 1 is 1.12 bits per heavy atom. The number of nitrogens with zero attached hydrogens (tertiary/aromatic N) is 3. The number of carboxylic acid groups (broad SMARTS) is 1. The number of benzene rings is 2. The Kier molecular flexibility index (Phi) is 11.1. The van der Waals surface area contributed by atoms with Gasteiger partial charge in [0.15, 0.2) is 0 Å². The standard InChI is InChI=1S/C30H34F3N5.C2H4.CH2O2/c1-19-7-6-16-38(19)18-26-36-25-17-20(27-24(30(31,32)33)8-5-15-34-27)9-14-23(25)28(37-26)35-22-12-10-21(11-13-22)29(2,3)4;1-2;2-1-3/h5,8-15,17,19,26,36H,6-7,16,18H2,1-4H3,(H,35,37);1-2H2;1H,(H,2,3)/t19-,26?;;/m1../s1. The number of amidine groups is 1. The molecule has 3 aromatic rings. The predicted octanol–water partition coefficient (Wildman–Crippen LogP) is 7.66. The summed E-state index contributed by atoms with van der Waals surface area (Å²) in [5.41, 5.74) is 3.32. The Morgan fingerprint density at radius 2 is 1.79 bits per heavy atom. The Balaban J connectivity index is 0.000000953. The van der Waals surface area contributed by atoms with Gasteiger partial charge in [0.25, 0.3) is 6.47 Å². The molecule has 2 atom stereocenters. The Labute approximate surface area is 251 Å². The smallest absolute Gasteiger partial charge is 0.418 e. The van der Waals surface area contributed by atoms with Crippen molar-refractivity contribution in [1.29, 1.82) is 0 Å². The van der Waals surface area contributed by atoms with E-state index >= 15 is 0 Å². The minimum atomic E-state index is -4.49. The van der Waals surface area contributed by atoms with Crippen LogP contribution in [0, 0.1) is 0 Å². The molecule has 1 unspecified atom stereocenters. The van der Waals surface area contributed by atoms with Gasteiger partial charge >= 0.3 is 6.18 Å². The van der Waals surface area contributed by atoms with Crippen molar-refractivity contribution in [3.05, 3.63) is 90.6 Å². The van der Waals surface area contributed by atoms with Gasteiger partial charge in [-0.2, -0.15) is 13.2 Å². The largest absolute Gasteiger partial charge is 0.483 e. The third-order valence-electron chi connectivity index (χ3n) is 7.38. The van der Waals surface area contributed by atoms with Gasteiger partial charge in [0, 0.05) is 41.3 Å². The van der Waals surface area contributed by atoms with Crippen molar-refractivity contribution < 1.29 is 23.1 Å². The molecule has 7 nitrogen and oxygen atoms in total. The maximum atomic E-state index is 13.7. The lowest BCUT2D eigenvalue weighted by atomic mass is 9.87. The zero-order chi connectivity index (χ0) is 31.8. The first-order valence-electron chi connectivity index (χ1n) is 14.1. The number of carbonyl (C=O) groups is 1. The second-order valence-corrected chi connectivity index (χ2v) is 11.3. The van der Waals surface area contributed by atoms with E-state index in [1.54, 1.807) is 12.1 Å². The van der Waals surface area contributed by atoms with Gasteiger partial charge in [0.1, 0.15) is 12.0 Å². The van der Waals surface area contributed by atoms with E-state index in [0.29, 0.717) is 17.4 Å². The van der Waals surface area contributed by atoms with Crippen molar-refractivity contribution in [2.24, 2.45) is 4.99 Å². The number of nitrogens with one attached hydrogen (secondary N) is 2. The number of pyridine rings is 1. The highest BCUT2D eigenvalue weighted by atomic mass is 19.4. The van der Waals surface area contributed by atoms with Crippen LogP contribution < -0.4 is 10.6 Å². The molecule has 2 aromatic carbocycles. The Morgan fingerprint density at radius 3 is 2.37 bits per heavy atom. The number of aliphatic imine (C=N–C) groups is 1. The summed E-state index contributed by atoms with van der Waals surface area (Å²) < 4.78 is 41.1. The Bertz CT molecular complexity index is 1400. The van der Waals surface area contributed by atoms with Gasteiger partial charge in [0.05, 0.1) is 11.3 Å². The van der Waals surface area contributed by atoms with E-state index in [-0.39, 0.29) is 23.7 Å². The summed E-state index contributed by atoms with van der Waals surface area (Å²) >= 11 is 0. The normalized spacial score (nSPS) is 18.1. The molecule has 43 heavy (non-hydrogen) atoms. The van der Waals surface area contributed by atoms with Crippen molar-refractivity contribution >= 4 is 23.7 Å². The first-order valence-corrected chi connectivity index (χ1v) is 14.1.